The second kappa shape index (κ2) is 9.55. The molecular weight excluding hydrogens is 484 g/mol. The van der Waals surface area contributed by atoms with E-state index in [0.29, 0.717) is 49.9 Å². The Labute approximate surface area is 200 Å². The molecule has 2 aliphatic rings. The van der Waals surface area contributed by atoms with Gasteiger partial charge in [-0.3, -0.25) is 9.59 Å². The van der Waals surface area contributed by atoms with E-state index in [1.165, 1.54) is 6.07 Å². The molecule has 1 fully saturated rings. The van der Waals surface area contributed by atoms with Gasteiger partial charge in [0, 0.05) is 30.0 Å². The number of piperidine rings is 1. The molecular formula is C23H25F2N3O4S2. The second-order valence-electron chi connectivity index (χ2n) is 8.53. The molecule has 2 amide bonds. The minimum Gasteiger partial charge on any atom is -0.350 e. The Bertz CT molecular complexity index is 1270. The number of thiophene rings is 1. The molecule has 34 heavy (non-hydrogen) atoms. The highest BCUT2D eigenvalue weighted by molar-refractivity contribution is 7.92. The van der Waals surface area contributed by atoms with Gasteiger partial charge < -0.3 is 16.0 Å². The molecule has 4 rings (SSSR count). The molecule has 2 aromatic rings. The number of fused-ring (bicyclic) bond motifs is 1. The minimum absolute atomic E-state index is 0.127. The van der Waals surface area contributed by atoms with Crippen molar-refractivity contribution in [1.29, 1.82) is 0 Å². The number of sulfone groups is 1. The lowest BCUT2D eigenvalue weighted by atomic mass is 9.86. The van der Waals surface area contributed by atoms with Gasteiger partial charge in [0.2, 0.25) is 5.91 Å². The number of carbonyl (C=O) groups is 2. The van der Waals surface area contributed by atoms with Gasteiger partial charge in [-0.25, -0.2) is 17.2 Å². The first-order valence-electron chi connectivity index (χ1n) is 10.9. The number of hydrogen-bond acceptors (Lipinski definition) is 6. The van der Waals surface area contributed by atoms with Crippen LogP contribution in [0.3, 0.4) is 0 Å². The quantitative estimate of drug-likeness (QED) is 0.555. The zero-order valence-electron chi connectivity index (χ0n) is 18.5. The van der Waals surface area contributed by atoms with Crippen LogP contribution in [0.2, 0.25) is 0 Å². The van der Waals surface area contributed by atoms with E-state index in [9.17, 15) is 26.8 Å². The van der Waals surface area contributed by atoms with Gasteiger partial charge in [-0.2, -0.15) is 0 Å². The summed E-state index contributed by atoms with van der Waals surface area (Å²) in [6.07, 6.45) is 6.55. The Morgan fingerprint density at radius 2 is 1.94 bits per heavy atom. The van der Waals surface area contributed by atoms with E-state index in [1.807, 2.05) is 6.08 Å². The topological polar surface area (TPSA) is 104 Å². The first-order valence-corrected chi connectivity index (χ1v) is 13.6. The highest BCUT2D eigenvalue weighted by Gasteiger charge is 2.42. The predicted octanol–water partition coefficient (Wildman–Crippen LogP) is 2.56. The van der Waals surface area contributed by atoms with Gasteiger partial charge in [-0.15, -0.1) is 11.3 Å². The molecule has 1 aliphatic heterocycles. The molecule has 182 valence electrons. The monoisotopic (exact) mass is 509 g/mol. The summed E-state index contributed by atoms with van der Waals surface area (Å²) in [7, 11) is -3.53. The minimum atomic E-state index is -3.53. The Hall–Kier alpha value is -2.63. The van der Waals surface area contributed by atoms with Gasteiger partial charge in [-0.05, 0) is 50.4 Å². The van der Waals surface area contributed by atoms with Crippen LogP contribution in [0.15, 0.2) is 28.5 Å². The van der Waals surface area contributed by atoms with Crippen molar-refractivity contribution < 1.29 is 26.8 Å². The van der Waals surface area contributed by atoms with Crippen LogP contribution in [0.1, 0.15) is 45.6 Å². The highest BCUT2D eigenvalue weighted by atomic mass is 32.2. The molecule has 0 radical (unpaired) electrons. The lowest BCUT2D eigenvalue weighted by Crippen LogP contribution is -2.62. The van der Waals surface area contributed by atoms with Crippen LogP contribution in [-0.2, 0) is 27.6 Å². The summed E-state index contributed by atoms with van der Waals surface area (Å²) in [5.41, 5.74) is 0.0933. The SMILES string of the molecule is CS(=O)(=O)c1sc(C(=O)NC2(C(=O)NCc3ccc(F)cc3F)CCNCC2)c2c1C=CCC2. The lowest BCUT2D eigenvalue weighted by molar-refractivity contribution is -0.128. The summed E-state index contributed by atoms with van der Waals surface area (Å²) in [6.45, 7) is 0.810. The van der Waals surface area contributed by atoms with Gasteiger partial charge in [0.15, 0.2) is 9.84 Å². The van der Waals surface area contributed by atoms with Crippen molar-refractivity contribution in [3.8, 4) is 0 Å². The van der Waals surface area contributed by atoms with Crippen molar-refractivity contribution in [2.45, 2.75) is 42.0 Å². The van der Waals surface area contributed by atoms with Crippen LogP contribution >= 0.6 is 11.3 Å². The summed E-state index contributed by atoms with van der Waals surface area (Å²) in [5.74, 6) is -2.45. The smallest absolute Gasteiger partial charge is 0.262 e. The fourth-order valence-electron chi connectivity index (χ4n) is 4.31. The second-order valence-corrected chi connectivity index (χ2v) is 11.8. The molecule has 0 unspecified atom stereocenters. The molecule has 1 saturated heterocycles. The zero-order chi connectivity index (χ0) is 24.5. The molecule has 1 aliphatic carbocycles. The zero-order valence-corrected chi connectivity index (χ0v) is 20.2. The average molecular weight is 510 g/mol. The molecule has 0 atom stereocenters. The molecule has 0 spiro atoms. The van der Waals surface area contributed by atoms with E-state index in [0.717, 1.165) is 29.7 Å². The van der Waals surface area contributed by atoms with Crippen LogP contribution in [0, 0.1) is 11.6 Å². The number of carbonyl (C=O) groups excluding carboxylic acids is 2. The first-order chi connectivity index (χ1) is 16.1. The number of amides is 2. The van der Waals surface area contributed by atoms with Gasteiger partial charge in [0.1, 0.15) is 21.4 Å². The number of halogens is 2. The Morgan fingerprint density at radius 3 is 2.62 bits per heavy atom. The van der Waals surface area contributed by atoms with Gasteiger partial charge in [0.05, 0.1) is 4.88 Å². The van der Waals surface area contributed by atoms with Gasteiger partial charge in [0.25, 0.3) is 5.91 Å². The van der Waals surface area contributed by atoms with Crippen molar-refractivity contribution in [3.63, 3.8) is 0 Å². The Balaban J connectivity index is 1.59. The number of nitrogens with one attached hydrogen (secondary N) is 3. The molecule has 3 N–H and O–H groups in total. The Morgan fingerprint density at radius 1 is 1.21 bits per heavy atom. The fourth-order valence-corrected chi connectivity index (χ4v) is 6.72. The maximum atomic E-state index is 14.0. The van der Waals surface area contributed by atoms with Crippen molar-refractivity contribution in [1.82, 2.24) is 16.0 Å². The van der Waals surface area contributed by atoms with E-state index < -0.39 is 38.8 Å². The van der Waals surface area contributed by atoms with Crippen molar-refractivity contribution >= 4 is 39.1 Å². The third-order valence-electron chi connectivity index (χ3n) is 6.10. The third-order valence-corrected chi connectivity index (χ3v) is 9.19. The van der Waals surface area contributed by atoms with E-state index in [2.05, 4.69) is 16.0 Å². The summed E-state index contributed by atoms with van der Waals surface area (Å²) in [5, 5.41) is 8.69. The molecule has 2 heterocycles. The standard InChI is InChI=1S/C23H25F2N3O4S2/c1-34(31,32)21-17-5-3-2-4-16(17)19(33-21)20(29)28-23(8-10-26-11-9-23)22(30)27-13-14-6-7-15(24)12-18(14)25/h3,5-7,12,26H,2,4,8-11,13H2,1H3,(H,27,30)(H,28,29). The summed E-state index contributed by atoms with van der Waals surface area (Å²) >= 11 is 0.919. The van der Waals surface area contributed by atoms with Crippen LogP contribution in [-0.4, -0.2) is 45.1 Å². The van der Waals surface area contributed by atoms with E-state index >= 15 is 0 Å². The predicted molar refractivity (Wildman–Crippen MR) is 125 cm³/mol. The molecule has 11 heteroatoms. The number of benzene rings is 1. The Kier molecular flexibility index (Phi) is 6.88. The van der Waals surface area contributed by atoms with Crippen LogP contribution in [0.4, 0.5) is 8.78 Å². The summed E-state index contributed by atoms with van der Waals surface area (Å²) in [6, 6.07) is 3.12. The number of rotatable bonds is 6. The average Bonchev–Trinajstić information content (AvgIpc) is 3.19. The van der Waals surface area contributed by atoms with Crippen molar-refractivity contribution in [2.24, 2.45) is 0 Å². The third kappa shape index (κ3) is 4.91. The fraction of sp³-hybridized carbons (Fsp3) is 0.391. The van der Waals surface area contributed by atoms with Gasteiger partial charge in [-0.1, -0.05) is 18.2 Å². The first kappa shape index (κ1) is 24.5. The molecule has 1 aromatic heterocycles. The lowest BCUT2D eigenvalue weighted by Gasteiger charge is -2.37. The van der Waals surface area contributed by atoms with Crippen LogP contribution in [0.25, 0.3) is 6.08 Å². The maximum absolute atomic E-state index is 14.0. The van der Waals surface area contributed by atoms with Crippen LogP contribution < -0.4 is 16.0 Å². The number of allylic oxidation sites excluding steroid dienone is 1. The van der Waals surface area contributed by atoms with E-state index in [1.54, 1.807) is 6.08 Å². The molecule has 0 bridgehead atoms. The summed E-state index contributed by atoms with van der Waals surface area (Å²) < 4.78 is 51.9. The highest BCUT2D eigenvalue weighted by Crippen LogP contribution is 2.37. The van der Waals surface area contributed by atoms with Crippen LogP contribution in [0.5, 0.6) is 0 Å². The van der Waals surface area contributed by atoms with Crippen molar-refractivity contribution in [3.05, 3.63) is 57.5 Å². The molecule has 0 saturated carbocycles. The largest absolute Gasteiger partial charge is 0.350 e. The normalized spacial score (nSPS) is 17.1. The van der Waals surface area contributed by atoms with Crippen molar-refractivity contribution in [2.75, 3.05) is 19.3 Å². The van der Waals surface area contributed by atoms with E-state index in [-0.39, 0.29) is 21.2 Å². The maximum Gasteiger partial charge on any atom is 0.262 e. The van der Waals surface area contributed by atoms with E-state index in [4.69, 9.17) is 0 Å². The van der Waals surface area contributed by atoms with Gasteiger partial charge >= 0.3 is 0 Å². The molecule has 7 nitrogen and oxygen atoms in total. The molecule has 1 aromatic carbocycles. The summed E-state index contributed by atoms with van der Waals surface area (Å²) in [4.78, 5) is 26.9. The number of hydrogen-bond donors (Lipinski definition) is 3.